The number of halogens is 5. The molecule has 2 N–H and O–H groups in total. The minimum Gasteiger partial charge on any atom is -0.396 e. The first-order chi connectivity index (χ1) is 12.1. The molecular weight excluding hydrogens is 374 g/mol. The molecule has 0 atom stereocenters. The van der Waals surface area contributed by atoms with Gasteiger partial charge in [0.05, 0.1) is 11.2 Å². The number of hydrogen-bond donors (Lipinski definition) is 1. The SMILES string of the molecule is Cc1cc(F)c(N)cc1-c1cc2cnc(Cl)cc2n(CC(F)(F)F)c1=O. The number of hydrogen-bond acceptors (Lipinski definition) is 3. The molecule has 1 aromatic carbocycles. The minimum atomic E-state index is -4.62. The van der Waals surface area contributed by atoms with Gasteiger partial charge in [0.25, 0.3) is 5.56 Å². The predicted octanol–water partition coefficient (Wildman–Crippen LogP) is 4.31. The van der Waals surface area contributed by atoms with E-state index in [1.54, 1.807) is 0 Å². The summed E-state index contributed by atoms with van der Waals surface area (Å²) >= 11 is 5.77. The second-order valence-corrected chi connectivity index (χ2v) is 6.21. The molecule has 0 aliphatic rings. The Morgan fingerprint density at radius 3 is 2.54 bits per heavy atom. The molecule has 0 bridgehead atoms. The zero-order valence-electron chi connectivity index (χ0n) is 13.4. The zero-order chi connectivity index (χ0) is 19.2. The first-order valence-corrected chi connectivity index (χ1v) is 7.76. The molecule has 0 fully saturated rings. The van der Waals surface area contributed by atoms with Crippen LogP contribution in [0, 0.1) is 12.7 Å². The van der Waals surface area contributed by atoms with E-state index in [-0.39, 0.29) is 32.9 Å². The average Bonchev–Trinajstić information content (AvgIpc) is 2.53. The Bertz CT molecular complexity index is 1080. The highest BCUT2D eigenvalue weighted by Crippen LogP contribution is 2.29. The van der Waals surface area contributed by atoms with Gasteiger partial charge < -0.3 is 5.73 Å². The zero-order valence-corrected chi connectivity index (χ0v) is 14.1. The lowest BCUT2D eigenvalue weighted by Crippen LogP contribution is -2.29. The van der Waals surface area contributed by atoms with Crippen molar-refractivity contribution in [2.45, 2.75) is 19.6 Å². The van der Waals surface area contributed by atoms with Crippen LogP contribution >= 0.6 is 11.6 Å². The summed E-state index contributed by atoms with van der Waals surface area (Å²) in [7, 11) is 0. The normalized spacial score (nSPS) is 11.9. The first kappa shape index (κ1) is 18.2. The summed E-state index contributed by atoms with van der Waals surface area (Å²) in [5.41, 5.74) is 5.06. The Hall–Kier alpha value is -2.61. The molecule has 0 amide bonds. The fraction of sp³-hybridized carbons (Fsp3) is 0.176. The fourth-order valence-electron chi connectivity index (χ4n) is 2.76. The summed E-state index contributed by atoms with van der Waals surface area (Å²) in [6, 6.07) is 4.95. The Labute approximate surface area is 149 Å². The molecule has 9 heteroatoms. The Balaban J connectivity index is 2.38. The van der Waals surface area contributed by atoms with Gasteiger partial charge in [0.2, 0.25) is 0 Å². The van der Waals surface area contributed by atoms with Gasteiger partial charge in [0, 0.05) is 17.1 Å². The van der Waals surface area contributed by atoms with E-state index in [1.165, 1.54) is 31.3 Å². The number of rotatable bonds is 2. The molecule has 0 radical (unpaired) electrons. The molecule has 0 unspecified atom stereocenters. The first-order valence-electron chi connectivity index (χ1n) is 7.38. The molecule has 2 heterocycles. The van der Waals surface area contributed by atoms with Crippen LogP contribution in [0.3, 0.4) is 0 Å². The maximum absolute atomic E-state index is 13.6. The molecule has 2 aromatic heterocycles. The summed E-state index contributed by atoms with van der Waals surface area (Å²) in [4.78, 5) is 16.6. The second kappa shape index (κ2) is 6.28. The van der Waals surface area contributed by atoms with Gasteiger partial charge in [-0.1, -0.05) is 11.6 Å². The highest BCUT2D eigenvalue weighted by Gasteiger charge is 2.30. The van der Waals surface area contributed by atoms with Crippen molar-refractivity contribution in [1.29, 1.82) is 0 Å². The van der Waals surface area contributed by atoms with Gasteiger partial charge in [-0.2, -0.15) is 13.2 Å². The third-order valence-corrected chi connectivity index (χ3v) is 4.12. The number of benzene rings is 1. The second-order valence-electron chi connectivity index (χ2n) is 5.82. The van der Waals surface area contributed by atoms with Crippen molar-refractivity contribution in [2.75, 3.05) is 5.73 Å². The van der Waals surface area contributed by atoms with E-state index < -0.39 is 24.1 Å². The molecule has 0 spiro atoms. The standard InChI is InChI=1S/C17H12ClF4N3O/c1-8-2-12(19)13(23)4-10(8)11-3-9-6-24-15(18)5-14(9)25(16(11)26)7-17(20,21)22/h2-6H,7,23H2,1H3. The number of nitrogens with two attached hydrogens (primary N) is 1. The van der Waals surface area contributed by atoms with Crippen LogP contribution in [0.5, 0.6) is 0 Å². The van der Waals surface area contributed by atoms with E-state index in [0.717, 1.165) is 6.07 Å². The Morgan fingerprint density at radius 1 is 1.19 bits per heavy atom. The highest BCUT2D eigenvalue weighted by atomic mass is 35.5. The smallest absolute Gasteiger partial charge is 0.396 e. The lowest BCUT2D eigenvalue weighted by atomic mass is 9.99. The summed E-state index contributed by atoms with van der Waals surface area (Å²) in [5.74, 6) is -0.670. The van der Waals surface area contributed by atoms with Crippen molar-refractivity contribution in [3.05, 3.63) is 57.3 Å². The third kappa shape index (κ3) is 3.37. The molecule has 0 saturated heterocycles. The maximum Gasteiger partial charge on any atom is 0.406 e. The fourth-order valence-corrected chi connectivity index (χ4v) is 2.91. The lowest BCUT2D eigenvalue weighted by Gasteiger charge is -2.16. The molecule has 0 saturated carbocycles. The van der Waals surface area contributed by atoms with E-state index in [1.807, 2.05) is 0 Å². The van der Waals surface area contributed by atoms with Crippen LogP contribution in [0.4, 0.5) is 23.2 Å². The van der Waals surface area contributed by atoms with E-state index in [2.05, 4.69) is 4.98 Å². The highest BCUT2D eigenvalue weighted by molar-refractivity contribution is 6.30. The average molecular weight is 386 g/mol. The van der Waals surface area contributed by atoms with Crippen LogP contribution in [0.2, 0.25) is 5.15 Å². The lowest BCUT2D eigenvalue weighted by molar-refractivity contribution is -0.140. The molecule has 0 aliphatic heterocycles. The van der Waals surface area contributed by atoms with Gasteiger partial charge in [-0.25, -0.2) is 9.37 Å². The van der Waals surface area contributed by atoms with Gasteiger partial charge in [-0.15, -0.1) is 0 Å². The molecule has 136 valence electrons. The number of alkyl halides is 3. The molecule has 0 aliphatic carbocycles. The summed E-state index contributed by atoms with van der Waals surface area (Å²) in [6.45, 7) is 0.0436. The van der Waals surface area contributed by atoms with Crippen LogP contribution in [0.15, 0.2) is 35.3 Å². The molecular formula is C17H12ClF4N3O. The summed E-state index contributed by atoms with van der Waals surface area (Å²) in [6.07, 6.45) is -3.35. The number of pyridine rings is 2. The van der Waals surface area contributed by atoms with Gasteiger partial charge in [-0.05, 0) is 42.3 Å². The summed E-state index contributed by atoms with van der Waals surface area (Å²) in [5, 5.41) is 0.248. The van der Waals surface area contributed by atoms with Crippen LogP contribution in [-0.4, -0.2) is 15.7 Å². The van der Waals surface area contributed by atoms with Gasteiger partial charge in [-0.3, -0.25) is 9.36 Å². The quantitative estimate of drug-likeness (QED) is 0.406. The van der Waals surface area contributed by atoms with E-state index in [0.29, 0.717) is 10.1 Å². The van der Waals surface area contributed by atoms with E-state index in [4.69, 9.17) is 17.3 Å². The minimum absolute atomic E-state index is 0.00353. The van der Waals surface area contributed by atoms with E-state index >= 15 is 0 Å². The number of fused-ring (bicyclic) bond motifs is 1. The Morgan fingerprint density at radius 2 is 1.88 bits per heavy atom. The third-order valence-electron chi connectivity index (χ3n) is 3.92. The number of anilines is 1. The van der Waals surface area contributed by atoms with Crippen LogP contribution in [0.25, 0.3) is 22.0 Å². The number of nitrogens with zero attached hydrogens (tertiary/aromatic N) is 2. The monoisotopic (exact) mass is 385 g/mol. The maximum atomic E-state index is 13.6. The molecule has 3 aromatic rings. The number of aromatic nitrogens is 2. The summed E-state index contributed by atoms with van der Waals surface area (Å²) < 4.78 is 53.2. The van der Waals surface area contributed by atoms with E-state index in [9.17, 15) is 22.4 Å². The van der Waals surface area contributed by atoms with Crippen molar-refractivity contribution in [3.63, 3.8) is 0 Å². The van der Waals surface area contributed by atoms with Crippen molar-refractivity contribution < 1.29 is 17.6 Å². The topological polar surface area (TPSA) is 60.9 Å². The number of aryl methyl sites for hydroxylation is 1. The van der Waals surface area contributed by atoms with Gasteiger partial charge >= 0.3 is 6.18 Å². The van der Waals surface area contributed by atoms with Crippen molar-refractivity contribution in [2.24, 2.45) is 0 Å². The number of nitrogen functional groups attached to an aromatic ring is 1. The van der Waals surface area contributed by atoms with Crippen molar-refractivity contribution >= 4 is 28.2 Å². The van der Waals surface area contributed by atoms with Crippen LogP contribution in [0.1, 0.15) is 5.56 Å². The molecule has 26 heavy (non-hydrogen) atoms. The van der Waals surface area contributed by atoms with Gasteiger partial charge in [0.15, 0.2) is 0 Å². The predicted molar refractivity (Wildman–Crippen MR) is 91.6 cm³/mol. The van der Waals surface area contributed by atoms with Crippen molar-refractivity contribution in [1.82, 2.24) is 9.55 Å². The van der Waals surface area contributed by atoms with Crippen LogP contribution in [-0.2, 0) is 6.54 Å². The largest absolute Gasteiger partial charge is 0.406 e. The van der Waals surface area contributed by atoms with Gasteiger partial charge in [0.1, 0.15) is 17.5 Å². The molecule has 4 nitrogen and oxygen atoms in total. The Kier molecular flexibility index (Phi) is 4.39. The molecule has 3 rings (SSSR count). The van der Waals surface area contributed by atoms with Crippen molar-refractivity contribution in [3.8, 4) is 11.1 Å². The van der Waals surface area contributed by atoms with Crippen LogP contribution < -0.4 is 11.3 Å².